The minimum Gasteiger partial charge on any atom is -0.366 e. The largest absolute Gasteiger partial charge is 0.433 e. The number of nitro benzene ring substituents is 1. The Balaban J connectivity index is 2.31. The zero-order valence-electron chi connectivity index (χ0n) is 14.4. The van der Waals surface area contributed by atoms with Crippen LogP contribution in [0.5, 0.6) is 0 Å². The average Bonchev–Trinajstić information content (AvgIpc) is 2.50. The maximum atomic E-state index is 13.1. The number of nitrogens with one attached hydrogen (secondary N) is 2. The smallest absolute Gasteiger partial charge is 0.366 e. The molecule has 26 heavy (non-hydrogen) atoms. The Morgan fingerprint density at radius 3 is 2.38 bits per heavy atom. The summed E-state index contributed by atoms with van der Waals surface area (Å²) in [5, 5.41) is 16.5. The molecule has 0 aliphatic heterocycles. The van der Waals surface area contributed by atoms with E-state index in [2.05, 4.69) is 20.6 Å². The van der Waals surface area contributed by atoms with Crippen LogP contribution in [0.25, 0.3) is 0 Å². The predicted octanol–water partition coefficient (Wildman–Crippen LogP) is 4.23. The lowest BCUT2D eigenvalue weighted by molar-refractivity contribution is -0.385. The van der Waals surface area contributed by atoms with Crippen LogP contribution in [0.15, 0.2) is 30.3 Å². The molecule has 2 aromatic rings. The van der Waals surface area contributed by atoms with E-state index < -0.39 is 22.3 Å². The van der Waals surface area contributed by atoms with Crippen molar-refractivity contribution in [3.05, 3.63) is 51.7 Å². The number of anilines is 2. The molecule has 0 fully saturated rings. The molecule has 10 heteroatoms. The van der Waals surface area contributed by atoms with Crippen molar-refractivity contribution in [2.45, 2.75) is 39.0 Å². The van der Waals surface area contributed by atoms with E-state index in [0.29, 0.717) is 5.56 Å². The van der Waals surface area contributed by atoms with Crippen molar-refractivity contribution in [2.75, 3.05) is 10.6 Å². The van der Waals surface area contributed by atoms with Crippen LogP contribution in [0.1, 0.15) is 32.0 Å². The fraction of sp³-hybridized carbons (Fsp3) is 0.375. The normalized spacial score (nSPS) is 11.9. The first-order valence-corrected chi connectivity index (χ1v) is 7.66. The number of hydrogen-bond donors (Lipinski definition) is 2. The molecule has 0 spiro atoms. The van der Waals surface area contributed by atoms with Gasteiger partial charge in [-0.15, -0.1) is 0 Å². The van der Waals surface area contributed by atoms with Gasteiger partial charge in [0.1, 0.15) is 5.82 Å². The molecular weight excluding hydrogens is 351 g/mol. The van der Waals surface area contributed by atoms with Crippen LogP contribution >= 0.6 is 0 Å². The number of halogens is 3. The van der Waals surface area contributed by atoms with Crippen LogP contribution in [-0.2, 0) is 12.7 Å². The first-order chi connectivity index (χ1) is 12.0. The molecule has 1 aromatic heterocycles. The second-order valence-electron chi connectivity index (χ2n) is 6.57. The number of aromatic nitrogens is 2. The monoisotopic (exact) mass is 369 g/mol. The van der Waals surface area contributed by atoms with E-state index in [1.165, 1.54) is 18.2 Å². The van der Waals surface area contributed by atoms with Crippen LogP contribution in [-0.4, -0.2) is 20.4 Å². The zero-order chi connectivity index (χ0) is 19.5. The van der Waals surface area contributed by atoms with Crippen molar-refractivity contribution in [3.63, 3.8) is 0 Å². The zero-order valence-corrected chi connectivity index (χ0v) is 14.4. The first kappa shape index (κ1) is 19.4. The Morgan fingerprint density at radius 1 is 1.15 bits per heavy atom. The van der Waals surface area contributed by atoms with Gasteiger partial charge in [-0.25, -0.2) is 4.98 Å². The Kier molecular flexibility index (Phi) is 5.33. The number of nitrogens with zero attached hydrogens (tertiary/aromatic N) is 3. The van der Waals surface area contributed by atoms with Crippen LogP contribution in [0.4, 0.5) is 30.6 Å². The highest BCUT2D eigenvalue weighted by molar-refractivity contribution is 5.47. The Morgan fingerprint density at radius 2 is 1.81 bits per heavy atom. The van der Waals surface area contributed by atoms with Gasteiger partial charge in [-0.05, 0) is 20.8 Å². The lowest BCUT2D eigenvalue weighted by Crippen LogP contribution is -2.28. The van der Waals surface area contributed by atoms with Crippen LogP contribution < -0.4 is 10.6 Å². The average molecular weight is 369 g/mol. The first-order valence-electron chi connectivity index (χ1n) is 7.66. The van der Waals surface area contributed by atoms with E-state index in [1.54, 1.807) is 26.8 Å². The van der Waals surface area contributed by atoms with E-state index >= 15 is 0 Å². The van der Waals surface area contributed by atoms with Crippen molar-refractivity contribution in [1.29, 1.82) is 0 Å². The molecule has 0 bridgehead atoms. The molecule has 140 valence electrons. The van der Waals surface area contributed by atoms with Gasteiger partial charge in [0.2, 0.25) is 5.95 Å². The van der Waals surface area contributed by atoms with Gasteiger partial charge in [-0.2, -0.15) is 18.2 Å². The van der Waals surface area contributed by atoms with Crippen molar-refractivity contribution in [1.82, 2.24) is 9.97 Å². The van der Waals surface area contributed by atoms with E-state index in [4.69, 9.17) is 0 Å². The maximum absolute atomic E-state index is 13.1. The van der Waals surface area contributed by atoms with Crippen LogP contribution in [0.3, 0.4) is 0 Å². The summed E-state index contributed by atoms with van der Waals surface area (Å²) in [6.45, 7) is 5.23. The van der Waals surface area contributed by atoms with E-state index in [9.17, 15) is 23.3 Å². The van der Waals surface area contributed by atoms with Crippen LogP contribution in [0, 0.1) is 10.1 Å². The molecule has 0 aliphatic carbocycles. The molecule has 0 aliphatic rings. The highest BCUT2D eigenvalue weighted by Gasteiger charge is 2.34. The lowest BCUT2D eigenvalue weighted by Gasteiger charge is -2.21. The standard InChI is InChI=1S/C16H18F3N5O2/c1-15(2,3)23-14-21-12(16(17,18)19)8-13(22-14)20-9-10-6-4-5-7-11(10)24(25)26/h4-8H,9H2,1-3H3,(H2,20,21,22,23). The van der Waals surface area contributed by atoms with E-state index in [-0.39, 0.29) is 24.0 Å². The number of benzene rings is 1. The molecule has 0 saturated carbocycles. The topological polar surface area (TPSA) is 93.0 Å². The number of hydrogen-bond acceptors (Lipinski definition) is 6. The van der Waals surface area contributed by atoms with Gasteiger partial charge in [-0.3, -0.25) is 10.1 Å². The van der Waals surface area contributed by atoms with Gasteiger partial charge in [0, 0.05) is 29.8 Å². The Bertz CT molecular complexity index is 803. The summed E-state index contributed by atoms with van der Waals surface area (Å²) in [4.78, 5) is 18.0. The molecule has 2 rings (SSSR count). The SMILES string of the molecule is CC(C)(C)Nc1nc(NCc2ccccc2[N+](=O)[O-])cc(C(F)(F)F)n1. The molecule has 0 radical (unpaired) electrons. The molecule has 7 nitrogen and oxygen atoms in total. The second-order valence-corrected chi connectivity index (χ2v) is 6.57. The highest BCUT2D eigenvalue weighted by Crippen LogP contribution is 2.30. The Labute approximate surface area is 147 Å². The fourth-order valence-electron chi connectivity index (χ4n) is 2.10. The van der Waals surface area contributed by atoms with E-state index in [0.717, 1.165) is 6.07 Å². The molecular formula is C16H18F3N5O2. The third kappa shape index (κ3) is 5.30. The Hall–Kier alpha value is -2.91. The van der Waals surface area contributed by atoms with Gasteiger partial charge in [-0.1, -0.05) is 18.2 Å². The summed E-state index contributed by atoms with van der Waals surface area (Å²) in [7, 11) is 0. The summed E-state index contributed by atoms with van der Waals surface area (Å²) in [5.74, 6) is -0.269. The molecule has 1 heterocycles. The summed E-state index contributed by atoms with van der Waals surface area (Å²) >= 11 is 0. The molecule has 0 unspecified atom stereocenters. The van der Waals surface area contributed by atoms with Crippen molar-refractivity contribution in [3.8, 4) is 0 Å². The van der Waals surface area contributed by atoms with Crippen molar-refractivity contribution >= 4 is 17.5 Å². The fourth-order valence-corrected chi connectivity index (χ4v) is 2.10. The highest BCUT2D eigenvalue weighted by atomic mass is 19.4. The molecule has 0 atom stereocenters. The quantitative estimate of drug-likeness (QED) is 0.605. The predicted molar refractivity (Wildman–Crippen MR) is 90.8 cm³/mol. The van der Waals surface area contributed by atoms with Gasteiger partial charge >= 0.3 is 6.18 Å². The van der Waals surface area contributed by atoms with Crippen molar-refractivity contribution < 1.29 is 18.1 Å². The minimum atomic E-state index is -4.65. The molecule has 2 N–H and O–H groups in total. The van der Waals surface area contributed by atoms with Crippen LogP contribution in [0.2, 0.25) is 0 Å². The maximum Gasteiger partial charge on any atom is 0.433 e. The minimum absolute atomic E-state index is 0.0551. The third-order valence-corrected chi connectivity index (χ3v) is 3.15. The van der Waals surface area contributed by atoms with Gasteiger partial charge in [0.05, 0.1) is 4.92 Å². The lowest BCUT2D eigenvalue weighted by atomic mass is 10.1. The summed E-state index contributed by atoms with van der Waals surface area (Å²) < 4.78 is 39.2. The number of nitro groups is 1. The van der Waals surface area contributed by atoms with E-state index in [1.807, 2.05) is 0 Å². The summed E-state index contributed by atoms with van der Waals surface area (Å²) in [6.07, 6.45) is -4.65. The molecule has 0 saturated heterocycles. The van der Waals surface area contributed by atoms with Gasteiger partial charge in [0.15, 0.2) is 5.69 Å². The number of alkyl halides is 3. The van der Waals surface area contributed by atoms with Gasteiger partial charge in [0.25, 0.3) is 5.69 Å². The number of rotatable bonds is 5. The second kappa shape index (κ2) is 7.14. The third-order valence-electron chi connectivity index (χ3n) is 3.15. The summed E-state index contributed by atoms with van der Waals surface area (Å²) in [5.41, 5.74) is -1.45. The van der Waals surface area contributed by atoms with Crippen molar-refractivity contribution in [2.24, 2.45) is 0 Å². The van der Waals surface area contributed by atoms with Gasteiger partial charge < -0.3 is 10.6 Å². The molecule has 1 aromatic carbocycles. The molecule has 0 amide bonds. The number of para-hydroxylation sites is 1. The summed E-state index contributed by atoms with van der Waals surface area (Å²) in [6, 6.07) is 6.73.